The second-order valence-electron chi connectivity index (χ2n) is 4.35. The van der Waals surface area contributed by atoms with Gasteiger partial charge in [-0.1, -0.05) is 23.7 Å². The number of para-hydroxylation sites is 1. The van der Waals surface area contributed by atoms with E-state index in [4.69, 9.17) is 11.6 Å². The molecule has 1 aromatic carbocycles. The molecule has 0 fully saturated rings. The third kappa shape index (κ3) is 6.22. The third-order valence-corrected chi connectivity index (χ3v) is 2.50. The van der Waals surface area contributed by atoms with Gasteiger partial charge in [0, 0.05) is 6.04 Å². The van der Waals surface area contributed by atoms with Crippen LogP contribution in [0.1, 0.15) is 13.8 Å². The van der Waals surface area contributed by atoms with Crippen LogP contribution >= 0.6 is 11.6 Å². The molecule has 1 rings (SSSR count). The van der Waals surface area contributed by atoms with E-state index in [9.17, 15) is 9.59 Å². The molecule has 0 unspecified atom stereocenters. The molecule has 0 atom stereocenters. The Morgan fingerprint density at radius 1 is 1.16 bits per heavy atom. The van der Waals surface area contributed by atoms with Crippen LogP contribution < -0.4 is 16.0 Å². The molecule has 0 aliphatic heterocycles. The molecular weight excluding hydrogens is 266 g/mol. The molecule has 104 valence electrons. The maximum absolute atomic E-state index is 11.6. The van der Waals surface area contributed by atoms with E-state index in [-0.39, 0.29) is 30.9 Å². The molecule has 5 nitrogen and oxygen atoms in total. The van der Waals surface area contributed by atoms with Gasteiger partial charge in [0.25, 0.3) is 0 Å². The van der Waals surface area contributed by atoms with E-state index in [0.717, 1.165) is 0 Å². The zero-order valence-electron chi connectivity index (χ0n) is 11.0. The first kappa shape index (κ1) is 15.5. The second-order valence-corrected chi connectivity index (χ2v) is 4.76. The predicted octanol–water partition coefficient (Wildman–Crippen LogP) is 1.39. The highest BCUT2D eigenvalue weighted by Crippen LogP contribution is 2.19. The Kier molecular flexibility index (Phi) is 6.32. The molecule has 0 spiro atoms. The Morgan fingerprint density at radius 2 is 1.79 bits per heavy atom. The van der Waals surface area contributed by atoms with Crippen molar-refractivity contribution in [2.24, 2.45) is 0 Å². The van der Waals surface area contributed by atoms with Crippen LogP contribution in [0.3, 0.4) is 0 Å². The topological polar surface area (TPSA) is 70.2 Å². The van der Waals surface area contributed by atoms with E-state index in [1.165, 1.54) is 0 Å². The lowest BCUT2D eigenvalue weighted by Crippen LogP contribution is -2.40. The SMILES string of the molecule is CC(C)NC(=O)CNCC(=O)Nc1ccccc1Cl. The van der Waals surface area contributed by atoms with Gasteiger partial charge in [-0.15, -0.1) is 0 Å². The van der Waals surface area contributed by atoms with E-state index < -0.39 is 0 Å². The van der Waals surface area contributed by atoms with Gasteiger partial charge in [-0.3, -0.25) is 14.9 Å². The van der Waals surface area contributed by atoms with Gasteiger partial charge in [0.2, 0.25) is 11.8 Å². The number of amides is 2. The summed E-state index contributed by atoms with van der Waals surface area (Å²) in [5, 5.41) is 8.62. The van der Waals surface area contributed by atoms with Crippen molar-refractivity contribution in [1.29, 1.82) is 0 Å². The maximum Gasteiger partial charge on any atom is 0.238 e. The number of carbonyl (C=O) groups excluding carboxylic acids is 2. The summed E-state index contributed by atoms with van der Waals surface area (Å²) in [5.74, 6) is -0.383. The molecule has 0 radical (unpaired) electrons. The molecule has 6 heteroatoms. The monoisotopic (exact) mass is 283 g/mol. The number of rotatable bonds is 6. The number of carbonyl (C=O) groups is 2. The molecule has 3 N–H and O–H groups in total. The number of nitrogens with one attached hydrogen (secondary N) is 3. The number of anilines is 1. The van der Waals surface area contributed by atoms with Crippen molar-refractivity contribution in [3.05, 3.63) is 29.3 Å². The largest absolute Gasteiger partial charge is 0.353 e. The van der Waals surface area contributed by atoms with E-state index >= 15 is 0 Å². The number of halogens is 1. The molecular formula is C13H18ClN3O2. The standard InChI is InChI=1S/C13H18ClN3O2/c1-9(2)16-12(18)7-15-8-13(19)17-11-6-4-3-5-10(11)14/h3-6,9,15H,7-8H2,1-2H3,(H,16,18)(H,17,19). The van der Waals surface area contributed by atoms with Gasteiger partial charge < -0.3 is 10.6 Å². The lowest BCUT2D eigenvalue weighted by atomic mass is 10.3. The van der Waals surface area contributed by atoms with Crippen molar-refractivity contribution in [1.82, 2.24) is 10.6 Å². The van der Waals surface area contributed by atoms with Crippen LogP contribution in [0.15, 0.2) is 24.3 Å². The summed E-state index contributed by atoms with van der Waals surface area (Å²) in [7, 11) is 0. The second kappa shape index (κ2) is 7.76. The van der Waals surface area contributed by atoms with Crippen LogP contribution in [0, 0.1) is 0 Å². The lowest BCUT2D eigenvalue weighted by Gasteiger charge is -2.10. The van der Waals surface area contributed by atoms with Crippen molar-refractivity contribution in [3.8, 4) is 0 Å². The zero-order chi connectivity index (χ0) is 14.3. The summed E-state index contributed by atoms with van der Waals surface area (Å²) in [5.41, 5.74) is 0.558. The summed E-state index contributed by atoms with van der Waals surface area (Å²) < 4.78 is 0. The minimum atomic E-state index is -0.245. The lowest BCUT2D eigenvalue weighted by molar-refractivity contribution is -0.120. The molecule has 0 saturated heterocycles. The van der Waals surface area contributed by atoms with Gasteiger partial charge in [0.15, 0.2) is 0 Å². The van der Waals surface area contributed by atoms with Crippen LogP contribution in [0.2, 0.25) is 5.02 Å². The molecule has 1 aromatic rings. The van der Waals surface area contributed by atoms with E-state index in [2.05, 4.69) is 16.0 Å². The molecule has 0 aromatic heterocycles. The van der Waals surface area contributed by atoms with Crippen LogP contribution in [-0.4, -0.2) is 30.9 Å². The number of benzene rings is 1. The smallest absolute Gasteiger partial charge is 0.238 e. The van der Waals surface area contributed by atoms with Crippen LogP contribution in [0.5, 0.6) is 0 Å². The summed E-state index contributed by atoms with van der Waals surface area (Å²) in [6.07, 6.45) is 0. The highest BCUT2D eigenvalue weighted by Gasteiger charge is 2.07. The normalized spacial score (nSPS) is 10.3. The summed E-state index contributed by atoms with van der Waals surface area (Å²) >= 11 is 5.91. The van der Waals surface area contributed by atoms with Crippen molar-refractivity contribution in [2.75, 3.05) is 18.4 Å². The van der Waals surface area contributed by atoms with Crippen LogP contribution in [0.4, 0.5) is 5.69 Å². The van der Waals surface area contributed by atoms with Gasteiger partial charge >= 0.3 is 0 Å². The predicted molar refractivity (Wildman–Crippen MR) is 76.2 cm³/mol. The minimum Gasteiger partial charge on any atom is -0.353 e. The Morgan fingerprint density at radius 3 is 2.42 bits per heavy atom. The van der Waals surface area contributed by atoms with E-state index in [1.54, 1.807) is 24.3 Å². The van der Waals surface area contributed by atoms with Gasteiger partial charge in [-0.25, -0.2) is 0 Å². The average molecular weight is 284 g/mol. The Labute approximate surface area is 117 Å². The molecule has 2 amide bonds. The number of hydrogen-bond acceptors (Lipinski definition) is 3. The summed E-state index contributed by atoms with van der Waals surface area (Å²) in [6, 6.07) is 7.07. The van der Waals surface area contributed by atoms with Crippen molar-refractivity contribution in [2.45, 2.75) is 19.9 Å². The fourth-order valence-electron chi connectivity index (χ4n) is 1.42. The molecule has 0 saturated carbocycles. The fourth-order valence-corrected chi connectivity index (χ4v) is 1.60. The quantitative estimate of drug-likeness (QED) is 0.739. The highest BCUT2D eigenvalue weighted by molar-refractivity contribution is 6.33. The summed E-state index contributed by atoms with van der Waals surface area (Å²) in [6.45, 7) is 3.91. The van der Waals surface area contributed by atoms with Crippen molar-refractivity contribution in [3.63, 3.8) is 0 Å². The first-order chi connectivity index (χ1) is 8.99. The van der Waals surface area contributed by atoms with Gasteiger partial charge in [-0.05, 0) is 26.0 Å². The maximum atomic E-state index is 11.6. The van der Waals surface area contributed by atoms with Gasteiger partial charge in [0.05, 0.1) is 23.8 Å². The van der Waals surface area contributed by atoms with Crippen LogP contribution in [-0.2, 0) is 9.59 Å². The Bertz CT molecular complexity index is 449. The fraction of sp³-hybridized carbons (Fsp3) is 0.385. The van der Waals surface area contributed by atoms with Crippen LogP contribution in [0.25, 0.3) is 0 Å². The van der Waals surface area contributed by atoms with Crippen molar-refractivity contribution < 1.29 is 9.59 Å². The first-order valence-electron chi connectivity index (χ1n) is 6.03. The number of hydrogen-bond donors (Lipinski definition) is 3. The van der Waals surface area contributed by atoms with Gasteiger partial charge in [-0.2, -0.15) is 0 Å². The Hall–Kier alpha value is -1.59. The molecule has 0 heterocycles. The average Bonchev–Trinajstić information content (AvgIpc) is 2.31. The first-order valence-corrected chi connectivity index (χ1v) is 6.41. The van der Waals surface area contributed by atoms with E-state index in [0.29, 0.717) is 10.7 Å². The Balaban J connectivity index is 2.29. The zero-order valence-corrected chi connectivity index (χ0v) is 11.8. The van der Waals surface area contributed by atoms with Crippen molar-refractivity contribution >= 4 is 29.1 Å². The molecule has 0 aliphatic carbocycles. The molecule has 19 heavy (non-hydrogen) atoms. The highest BCUT2D eigenvalue weighted by atomic mass is 35.5. The van der Waals surface area contributed by atoms with E-state index in [1.807, 2.05) is 13.8 Å². The van der Waals surface area contributed by atoms with Gasteiger partial charge in [0.1, 0.15) is 0 Å². The third-order valence-electron chi connectivity index (χ3n) is 2.17. The summed E-state index contributed by atoms with van der Waals surface area (Å²) in [4.78, 5) is 22.9. The molecule has 0 aliphatic rings. The molecule has 0 bridgehead atoms. The minimum absolute atomic E-state index is 0.0523.